The van der Waals surface area contributed by atoms with Crippen LogP contribution >= 0.6 is 23.4 Å². The second-order valence-electron chi connectivity index (χ2n) is 16.7. The Hall–Kier alpha value is -4.11. The largest absolute Gasteiger partial charge is 0.493 e. The quantitative estimate of drug-likeness (QED) is 0.0312. The van der Waals surface area contributed by atoms with E-state index in [1.807, 2.05) is 30.3 Å². The van der Waals surface area contributed by atoms with Crippen molar-refractivity contribution < 1.29 is 47.9 Å². The van der Waals surface area contributed by atoms with Crippen molar-refractivity contribution in [1.29, 1.82) is 0 Å². The lowest BCUT2D eigenvalue weighted by Crippen LogP contribution is -2.70. The van der Waals surface area contributed by atoms with Gasteiger partial charge in [0, 0.05) is 54.7 Å². The first-order valence-electron chi connectivity index (χ1n) is 22.8. The maximum atomic E-state index is 14.5. The summed E-state index contributed by atoms with van der Waals surface area (Å²) in [6.45, 7) is 5.35. The van der Waals surface area contributed by atoms with E-state index in [-0.39, 0.29) is 63.0 Å². The molecule has 11 nitrogen and oxygen atoms in total. The third-order valence-electron chi connectivity index (χ3n) is 12.6. The molecule has 64 heavy (non-hydrogen) atoms. The van der Waals surface area contributed by atoms with Crippen LogP contribution in [0.2, 0.25) is 0 Å². The Kier molecular flexibility index (Phi) is 17.9. The number of fused-ring (bicyclic) bond motifs is 2. The number of amides is 1. The van der Waals surface area contributed by atoms with E-state index in [2.05, 4.69) is 30.9 Å². The molecule has 2 aliphatic heterocycles. The fourth-order valence-electron chi connectivity index (χ4n) is 9.79. The summed E-state index contributed by atoms with van der Waals surface area (Å²) in [5, 5.41) is 24.9. The van der Waals surface area contributed by atoms with Gasteiger partial charge in [-0.2, -0.15) is 0 Å². The molecule has 0 bridgehead atoms. The number of benzene rings is 3. The van der Waals surface area contributed by atoms with Gasteiger partial charge < -0.3 is 38.7 Å². The fraction of sp³-hybridized carbons (Fsp3) is 0.520. The maximum absolute atomic E-state index is 14.5. The van der Waals surface area contributed by atoms with Gasteiger partial charge in [0.2, 0.25) is 12.1 Å². The molecular weight excluding hydrogens is 859 g/mol. The van der Waals surface area contributed by atoms with Crippen molar-refractivity contribution in [2.45, 2.75) is 99.7 Å². The molecule has 14 heteroatoms. The summed E-state index contributed by atoms with van der Waals surface area (Å²) in [6.07, 6.45) is 10.0. The van der Waals surface area contributed by atoms with Crippen molar-refractivity contribution in [2.24, 2.45) is 22.9 Å². The number of alkyl halides is 1. The van der Waals surface area contributed by atoms with E-state index in [4.69, 9.17) is 45.3 Å². The van der Waals surface area contributed by atoms with Gasteiger partial charge in [-0.1, -0.05) is 60.5 Å². The number of nitrogens with zero attached hydrogens (tertiary/aromatic N) is 2. The van der Waals surface area contributed by atoms with Crippen LogP contribution in [-0.4, -0.2) is 96.3 Å². The summed E-state index contributed by atoms with van der Waals surface area (Å²) < 4.78 is 47.0. The van der Waals surface area contributed by atoms with Gasteiger partial charge >= 0.3 is 6.09 Å². The highest BCUT2D eigenvalue weighted by molar-refractivity contribution is 7.99. The predicted molar refractivity (Wildman–Crippen MR) is 246 cm³/mol. The van der Waals surface area contributed by atoms with Crippen molar-refractivity contribution in [2.75, 3.05) is 51.3 Å². The van der Waals surface area contributed by atoms with Gasteiger partial charge in [0.1, 0.15) is 30.0 Å². The maximum Gasteiger partial charge on any atom is 0.410 e. The zero-order chi connectivity index (χ0) is 44.7. The van der Waals surface area contributed by atoms with Gasteiger partial charge in [-0.15, -0.1) is 29.9 Å². The molecule has 1 amide bonds. The number of thioether (sulfide) groups is 1. The number of aliphatic hydroxyl groups excluding tert-OH is 2. The molecule has 346 valence electrons. The number of ether oxygens (including phenoxy) is 5. The first-order chi connectivity index (χ1) is 31.4. The van der Waals surface area contributed by atoms with Crippen molar-refractivity contribution in [1.82, 2.24) is 4.90 Å². The molecule has 1 saturated carbocycles. The summed E-state index contributed by atoms with van der Waals surface area (Å²) >= 11 is 7.82. The Morgan fingerprint density at radius 2 is 1.81 bits per heavy atom. The van der Waals surface area contributed by atoms with Crippen LogP contribution in [0.15, 0.2) is 107 Å². The summed E-state index contributed by atoms with van der Waals surface area (Å²) in [6, 6.07) is 21.4. The number of aliphatic hydroxyl groups is 2. The number of carbonyl (C=O) groups is 1. The van der Waals surface area contributed by atoms with E-state index >= 15 is 0 Å². The van der Waals surface area contributed by atoms with E-state index in [0.29, 0.717) is 55.3 Å². The summed E-state index contributed by atoms with van der Waals surface area (Å²) in [5.41, 5.74) is 3.17. The van der Waals surface area contributed by atoms with E-state index in [1.54, 1.807) is 34.9 Å². The van der Waals surface area contributed by atoms with Crippen molar-refractivity contribution in [3.05, 3.63) is 114 Å². The molecule has 7 atom stereocenters. The molecule has 3 aromatic carbocycles. The van der Waals surface area contributed by atoms with Gasteiger partial charge in [0.25, 0.3) is 0 Å². The molecule has 2 aliphatic carbocycles. The number of halogens is 2. The minimum Gasteiger partial charge on any atom is -0.493 e. The Labute approximate surface area is 385 Å². The lowest BCUT2D eigenvalue weighted by atomic mass is 9.55. The SMILES string of the molecule is C=CCOC12Oc3ccc(OCCSc4ccccc4)cc3C3C(CCCCO)C(CCCCO)C=C(C(=NOC4CCCCO4)CC1N(Cc1ccc(F)cc1)C(=O)OCCCl)C32. The molecular formula is C50H62ClFN2O9S. The summed E-state index contributed by atoms with van der Waals surface area (Å²) in [4.78, 5) is 23.6. The van der Waals surface area contributed by atoms with E-state index in [1.165, 1.54) is 17.0 Å². The third-order valence-corrected chi connectivity index (χ3v) is 13.7. The van der Waals surface area contributed by atoms with Crippen LogP contribution < -0.4 is 9.47 Å². The summed E-state index contributed by atoms with van der Waals surface area (Å²) in [7, 11) is 0. The van der Waals surface area contributed by atoms with Gasteiger partial charge in [-0.05, 0) is 104 Å². The Bertz CT molecular complexity index is 2020. The first-order valence-corrected chi connectivity index (χ1v) is 24.3. The minimum absolute atomic E-state index is 0.0218. The van der Waals surface area contributed by atoms with E-state index < -0.39 is 35.9 Å². The number of unbranched alkanes of at least 4 members (excludes halogenated alkanes) is 2. The molecule has 7 rings (SSSR count). The molecule has 2 fully saturated rings. The lowest BCUT2D eigenvalue weighted by molar-refractivity contribution is -0.256. The highest BCUT2D eigenvalue weighted by atomic mass is 35.5. The standard InChI is InChI=1S/C50H62ClFN2O9S/c1-2-26-61-50-45(54(49(57)60-28-23-51)34-35-17-19-37(52)20-18-35)33-43(53-63-46-16-8-11-27-59-46)41-31-36(12-6-9-24-55)40(15-7-10-25-56)47(48(41)50)42-32-38(21-22-44(42)62-50)58-29-30-64-39-13-4-3-5-14-39/h2-5,13-14,17-22,31-32,36,40,45-48,55-56H,1,6-12,15-16,23-30,33-34H2. The molecule has 0 radical (unpaired) electrons. The molecule has 3 aromatic rings. The highest BCUT2D eigenvalue weighted by Gasteiger charge is 2.65. The molecule has 2 heterocycles. The molecule has 7 unspecified atom stereocenters. The van der Waals surface area contributed by atoms with Crippen molar-refractivity contribution in [3.63, 3.8) is 0 Å². The average Bonchev–Trinajstić information content (AvgIpc) is 3.32. The topological polar surface area (TPSA) is 129 Å². The van der Waals surface area contributed by atoms with Crippen LogP contribution in [0.4, 0.5) is 9.18 Å². The number of hydrogen-bond donors (Lipinski definition) is 2. The molecule has 0 spiro atoms. The zero-order valence-corrected chi connectivity index (χ0v) is 38.1. The Morgan fingerprint density at radius 1 is 1.02 bits per heavy atom. The second-order valence-corrected chi connectivity index (χ2v) is 18.3. The van der Waals surface area contributed by atoms with E-state index in [0.717, 1.165) is 55.4 Å². The highest BCUT2D eigenvalue weighted by Crippen LogP contribution is 2.62. The van der Waals surface area contributed by atoms with Crippen LogP contribution in [-0.2, 0) is 25.6 Å². The van der Waals surface area contributed by atoms with Gasteiger partial charge in [-0.3, -0.25) is 4.90 Å². The average molecular weight is 922 g/mol. The molecule has 0 aromatic heterocycles. The monoisotopic (exact) mass is 920 g/mol. The lowest BCUT2D eigenvalue weighted by Gasteiger charge is -2.60. The van der Waals surface area contributed by atoms with Crippen LogP contribution in [0, 0.1) is 23.6 Å². The predicted octanol–water partition coefficient (Wildman–Crippen LogP) is 10.0. The number of carbonyl (C=O) groups excluding carboxylic acids is 1. The number of oxime groups is 1. The normalized spacial score (nSPS) is 25.3. The number of allylic oxidation sites excluding steroid dienone is 1. The van der Waals surface area contributed by atoms with Crippen LogP contribution in [0.3, 0.4) is 0 Å². The van der Waals surface area contributed by atoms with Gasteiger partial charge in [0.15, 0.2) is 0 Å². The fourth-order valence-corrected chi connectivity index (χ4v) is 10.6. The van der Waals surface area contributed by atoms with Crippen LogP contribution in [0.25, 0.3) is 0 Å². The number of hydrogen-bond acceptors (Lipinski definition) is 11. The Balaban J connectivity index is 1.39. The minimum atomic E-state index is -1.52. The van der Waals surface area contributed by atoms with Crippen LogP contribution in [0.1, 0.15) is 81.3 Å². The van der Waals surface area contributed by atoms with Crippen molar-refractivity contribution >= 4 is 35.2 Å². The molecule has 2 N–H and O–H groups in total. The molecule has 4 aliphatic rings. The van der Waals surface area contributed by atoms with Gasteiger partial charge in [0.05, 0.1) is 37.3 Å². The second kappa shape index (κ2) is 23.9. The summed E-state index contributed by atoms with van der Waals surface area (Å²) in [5.74, 6) is -0.482. The first kappa shape index (κ1) is 47.8. The van der Waals surface area contributed by atoms with Crippen LogP contribution in [0.5, 0.6) is 11.5 Å². The number of rotatable bonds is 23. The van der Waals surface area contributed by atoms with Crippen molar-refractivity contribution in [3.8, 4) is 11.5 Å². The van der Waals surface area contributed by atoms with Gasteiger partial charge in [-0.25, -0.2) is 9.18 Å². The molecule has 1 saturated heterocycles. The third kappa shape index (κ3) is 11.6. The Morgan fingerprint density at radius 3 is 2.55 bits per heavy atom. The zero-order valence-electron chi connectivity index (χ0n) is 36.5. The van der Waals surface area contributed by atoms with E-state index in [9.17, 15) is 19.4 Å². The smallest absolute Gasteiger partial charge is 0.410 e.